The normalized spacial score (nSPS) is 11.3. The fourth-order valence-electron chi connectivity index (χ4n) is 3.21. The summed E-state index contributed by atoms with van der Waals surface area (Å²) in [6.45, 7) is 8.22. The second-order valence-corrected chi connectivity index (χ2v) is 8.82. The molecule has 3 rings (SSSR count). The Morgan fingerprint density at radius 1 is 1.03 bits per heavy atom. The minimum atomic E-state index is -0.265. The van der Waals surface area contributed by atoms with E-state index in [1.54, 1.807) is 11.7 Å². The molecular weight excluding hydrogens is 388 g/mol. The predicted molar refractivity (Wildman–Crippen MR) is 123 cm³/mol. The number of benzene rings is 2. The van der Waals surface area contributed by atoms with Gasteiger partial charge in [-0.1, -0.05) is 69.3 Å². The average Bonchev–Trinajstić information content (AvgIpc) is 3.13. The van der Waals surface area contributed by atoms with E-state index in [-0.39, 0.29) is 30.2 Å². The van der Waals surface area contributed by atoms with Gasteiger partial charge in [0.25, 0.3) is 0 Å². The zero-order valence-corrected chi connectivity index (χ0v) is 18.8. The van der Waals surface area contributed by atoms with Gasteiger partial charge in [0.05, 0.1) is 24.3 Å². The Labute approximate surface area is 183 Å². The van der Waals surface area contributed by atoms with E-state index in [0.29, 0.717) is 5.82 Å². The number of rotatable bonds is 6. The number of aryl methyl sites for hydroxylation is 1. The van der Waals surface area contributed by atoms with E-state index >= 15 is 0 Å². The van der Waals surface area contributed by atoms with Crippen LogP contribution in [0.1, 0.15) is 37.6 Å². The molecule has 6 nitrogen and oxygen atoms in total. The molecule has 0 radical (unpaired) electrons. The highest BCUT2D eigenvalue weighted by Gasteiger charge is 2.22. The minimum Gasteiger partial charge on any atom is -0.336 e. The van der Waals surface area contributed by atoms with Crippen LogP contribution in [0.25, 0.3) is 5.69 Å². The number of aromatic nitrogens is 2. The number of amides is 2. The molecule has 6 heteroatoms. The molecule has 31 heavy (non-hydrogen) atoms. The lowest BCUT2D eigenvalue weighted by Crippen LogP contribution is -2.36. The van der Waals surface area contributed by atoms with Crippen LogP contribution in [-0.4, -0.2) is 40.1 Å². The van der Waals surface area contributed by atoms with Gasteiger partial charge >= 0.3 is 0 Å². The Balaban J connectivity index is 1.76. The molecule has 162 valence electrons. The summed E-state index contributed by atoms with van der Waals surface area (Å²) in [5.74, 6) is 0.219. The van der Waals surface area contributed by atoms with Gasteiger partial charge in [-0.05, 0) is 24.1 Å². The molecular formula is C25H30N4O2. The first-order chi connectivity index (χ1) is 14.6. The number of hydrogen-bond acceptors (Lipinski definition) is 3. The van der Waals surface area contributed by atoms with Crippen LogP contribution in [0.3, 0.4) is 0 Å². The summed E-state index contributed by atoms with van der Waals surface area (Å²) in [7, 11) is 1.64. The van der Waals surface area contributed by atoms with Crippen LogP contribution < -0.4 is 5.32 Å². The van der Waals surface area contributed by atoms with Gasteiger partial charge in [-0.25, -0.2) is 4.68 Å². The highest BCUT2D eigenvalue weighted by molar-refractivity contribution is 5.94. The Morgan fingerprint density at radius 2 is 1.68 bits per heavy atom. The predicted octanol–water partition coefficient (Wildman–Crippen LogP) is 4.12. The highest BCUT2D eigenvalue weighted by Crippen LogP contribution is 2.27. The molecule has 2 amide bonds. The Morgan fingerprint density at radius 3 is 2.32 bits per heavy atom. The lowest BCUT2D eigenvalue weighted by Gasteiger charge is -2.17. The van der Waals surface area contributed by atoms with E-state index in [9.17, 15) is 9.59 Å². The van der Waals surface area contributed by atoms with Crippen molar-refractivity contribution >= 4 is 17.6 Å². The van der Waals surface area contributed by atoms with Gasteiger partial charge in [-0.2, -0.15) is 5.10 Å². The van der Waals surface area contributed by atoms with Gasteiger partial charge in [-0.3, -0.25) is 9.59 Å². The van der Waals surface area contributed by atoms with E-state index in [4.69, 9.17) is 5.10 Å². The van der Waals surface area contributed by atoms with Gasteiger partial charge in [0.2, 0.25) is 11.8 Å². The Bertz CT molecular complexity index is 1060. The van der Waals surface area contributed by atoms with Gasteiger partial charge in [0.1, 0.15) is 5.82 Å². The molecule has 0 atom stereocenters. The summed E-state index contributed by atoms with van der Waals surface area (Å²) in [5, 5.41) is 7.70. The second kappa shape index (κ2) is 9.16. The van der Waals surface area contributed by atoms with Crippen LogP contribution in [0.5, 0.6) is 0 Å². The first-order valence-electron chi connectivity index (χ1n) is 10.4. The van der Waals surface area contributed by atoms with Crippen LogP contribution in [0, 0.1) is 6.92 Å². The topological polar surface area (TPSA) is 67.2 Å². The summed E-state index contributed by atoms with van der Waals surface area (Å²) in [6.07, 6.45) is 0.264. The molecule has 0 unspecified atom stereocenters. The van der Waals surface area contributed by atoms with Crippen LogP contribution in [-0.2, 0) is 21.4 Å². The molecule has 0 aliphatic carbocycles. The smallest absolute Gasteiger partial charge is 0.245 e. The molecule has 0 fully saturated rings. The summed E-state index contributed by atoms with van der Waals surface area (Å²) in [5.41, 5.74) is 3.58. The third-order valence-electron chi connectivity index (χ3n) is 5.09. The van der Waals surface area contributed by atoms with E-state index in [2.05, 4.69) is 26.1 Å². The Hall–Kier alpha value is -3.41. The van der Waals surface area contributed by atoms with Crippen LogP contribution in [0.2, 0.25) is 0 Å². The van der Waals surface area contributed by atoms with Gasteiger partial charge in [-0.15, -0.1) is 0 Å². The number of nitrogens with zero attached hydrogens (tertiary/aromatic N) is 3. The van der Waals surface area contributed by atoms with Crippen LogP contribution in [0.15, 0.2) is 60.7 Å². The van der Waals surface area contributed by atoms with E-state index in [1.165, 1.54) is 4.90 Å². The first kappa shape index (κ1) is 22.3. The molecule has 0 bridgehead atoms. The third kappa shape index (κ3) is 5.60. The van der Waals surface area contributed by atoms with Crippen molar-refractivity contribution in [2.24, 2.45) is 0 Å². The third-order valence-corrected chi connectivity index (χ3v) is 5.09. The molecule has 1 N–H and O–H groups in total. The molecule has 0 aliphatic heterocycles. The van der Waals surface area contributed by atoms with Crippen LogP contribution in [0.4, 0.5) is 5.82 Å². The zero-order valence-electron chi connectivity index (χ0n) is 18.8. The maximum atomic E-state index is 12.8. The zero-order chi connectivity index (χ0) is 22.6. The number of likely N-dealkylation sites (N-methyl/N-ethyl adjacent to an activating group) is 1. The molecule has 2 aromatic carbocycles. The maximum absolute atomic E-state index is 12.8. The van der Waals surface area contributed by atoms with E-state index in [1.807, 2.05) is 67.6 Å². The van der Waals surface area contributed by atoms with Crippen LogP contribution >= 0.6 is 0 Å². The maximum Gasteiger partial charge on any atom is 0.245 e. The Kier molecular flexibility index (Phi) is 6.59. The van der Waals surface area contributed by atoms with E-state index in [0.717, 1.165) is 22.5 Å². The summed E-state index contributed by atoms with van der Waals surface area (Å²) >= 11 is 0. The number of para-hydroxylation sites is 1. The van der Waals surface area contributed by atoms with Crippen molar-refractivity contribution in [1.82, 2.24) is 14.7 Å². The fourth-order valence-corrected chi connectivity index (χ4v) is 3.21. The highest BCUT2D eigenvalue weighted by atomic mass is 16.2. The standard InChI is InChI=1S/C25H30N4O2/c1-18-11-9-10-14-20(18)29-22(16-21(27-29)25(2,3)4)26-23(30)17-28(5)24(31)15-19-12-7-6-8-13-19/h6-14,16H,15,17H2,1-5H3,(H,26,30). The largest absolute Gasteiger partial charge is 0.336 e. The average molecular weight is 419 g/mol. The van der Waals surface area contributed by atoms with E-state index < -0.39 is 0 Å². The molecule has 0 aliphatic rings. The van der Waals surface area contributed by atoms with Crippen molar-refractivity contribution in [1.29, 1.82) is 0 Å². The SMILES string of the molecule is Cc1ccccc1-n1nc(C(C)(C)C)cc1NC(=O)CN(C)C(=O)Cc1ccccc1. The van der Waals surface area contributed by atoms with Crippen molar-refractivity contribution in [3.05, 3.63) is 77.5 Å². The quantitative estimate of drug-likeness (QED) is 0.655. The van der Waals surface area contributed by atoms with Crippen molar-refractivity contribution in [2.75, 3.05) is 18.9 Å². The number of carbonyl (C=O) groups excluding carboxylic acids is 2. The van der Waals surface area contributed by atoms with Gasteiger partial charge in [0.15, 0.2) is 0 Å². The molecule has 0 saturated carbocycles. The number of carbonyl (C=O) groups is 2. The van der Waals surface area contributed by atoms with Crippen molar-refractivity contribution in [3.8, 4) is 5.69 Å². The van der Waals surface area contributed by atoms with Crippen molar-refractivity contribution < 1.29 is 9.59 Å². The lowest BCUT2D eigenvalue weighted by molar-refractivity contribution is -0.132. The first-order valence-corrected chi connectivity index (χ1v) is 10.4. The van der Waals surface area contributed by atoms with Crippen molar-refractivity contribution in [2.45, 2.75) is 39.5 Å². The molecule has 0 spiro atoms. The summed E-state index contributed by atoms with van der Waals surface area (Å²) in [4.78, 5) is 26.7. The molecule has 0 saturated heterocycles. The van der Waals surface area contributed by atoms with Gasteiger partial charge < -0.3 is 10.2 Å². The van der Waals surface area contributed by atoms with Gasteiger partial charge in [0, 0.05) is 18.5 Å². The molecule has 1 heterocycles. The monoisotopic (exact) mass is 418 g/mol. The lowest BCUT2D eigenvalue weighted by atomic mass is 9.92. The molecule has 1 aromatic heterocycles. The number of nitrogens with one attached hydrogen (secondary N) is 1. The van der Waals surface area contributed by atoms with Crippen molar-refractivity contribution in [3.63, 3.8) is 0 Å². The summed E-state index contributed by atoms with van der Waals surface area (Å²) in [6, 6.07) is 19.3. The number of hydrogen-bond donors (Lipinski definition) is 1. The summed E-state index contributed by atoms with van der Waals surface area (Å²) < 4.78 is 1.76. The minimum absolute atomic E-state index is 0.0323. The molecule has 3 aromatic rings. The number of anilines is 1. The second-order valence-electron chi connectivity index (χ2n) is 8.82. The fraction of sp³-hybridized carbons (Fsp3) is 0.320.